The largest absolute Gasteiger partial charge is 0.496 e. The Morgan fingerprint density at radius 1 is 1.08 bits per heavy atom. The molecule has 2 aromatic rings. The molecule has 0 spiro atoms. The number of carbonyl (C=O) groups excluding carboxylic acids is 5. The maximum Gasteiger partial charge on any atom is 0.308 e. The number of benzene rings is 1. The van der Waals surface area contributed by atoms with Crippen LogP contribution in [0.3, 0.4) is 0 Å². The summed E-state index contributed by atoms with van der Waals surface area (Å²) in [5, 5.41) is 8.95. The molecule has 39 heavy (non-hydrogen) atoms. The number of esters is 1. The number of ether oxygens (including phenoxy) is 2. The van der Waals surface area contributed by atoms with E-state index in [9.17, 15) is 24.0 Å². The SMILES string of the molecule is COc1cccc2[nH]c(C(=O)N[C@@H](CC(C)C)C(=O)N[C@@H](C[C@@H]3CCNC3=O)C(=O)COC(=O)C(C)C)cc12. The van der Waals surface area contributed by atoms with E-state index >= 15 is 0 Å². The minimum Gasteiger partial charge on any atom is -0.496 e. The lowest BCUT2D eigenvalue weighted by Crippen LogP contribution is -2.53. The van der Waals surface area contributed by atoms with E-state index in [1.54, 1.807) is 39.2 Å². The number of amides is 3. The van der Waals surface area contributed by atoms with Gasteiger partial charge in [-0.3, -0.25) is 24.0 Å². The van der Waals surface area contributed by atoms with Gasteiger partial charge in [0.2, 0.25) is 11.8 Å². The molecule has 1 aliphatic rings. The molecule has 0 unspecified atom stereocenters. The lowest BCUT2D eigenvalue weighted by atomic mass is 9.95. The van der Waals surface area contributed by atoms with Crippen LogP contribution >= 0.6 is 0 Å². The number of hydrogen-bond donors (Lipinski definition) is 4. The number of aromatic amines is 1. The summed E-state index contributed by atoms with van der Waals surface area (Å²) < 4.78 is 10.5. The summed E-state index contributed by atoms with van der Waals surface area (Å²) >= 11 is 0. The normalized spacial score (nSPS) is 16.6. The minimum atomic E-state index is -1.06. The first-order valence-electron chi connectivity index (χ1n) is 13.2. The molecular weight excluding hydrogens is 504 g/mol. The zero-order valence-electron chi connectivity index (χ0n) is 23.1. The number of hydrogen-bond acceptors (Lipinski definition) is 7. The average Bonchev–Trinajstić information content (AvgIpc) is 3.51. The molecule has 0 bridgehead atoms. The predicted molar refractivity (Wildman–Crippen MR) is 144 cm³/mol. The topological polar surface area (TPSA) is 156 Å². The molecule has 4 N–H and O–H groups in total. The van der Waals surface area contributed by atoms with Crippen molar-refractivity contribution in [3.05, 3.63) is 30.0 Å². The van der Waals surface area contributed by atoms with Gasteiger partial charge in [-0.25, -0.2) is 0 Å². The first kappa shape index (κ1) is 29.7. The third kappa shape index (κ3) is 7.81. The van der Waals surface area contributed by atoms with E-state index in [2.05, 4.69) is 20.9 Å². The first-order chi connectivity index (χ1) is 18.5. The van der Waals surface area contributed by atoms with Gasteiger partial charge in [0.05, 0.1) is 19.1 Å². The first-order valence-corrected chi connectivity index (χ1v) is 13.2. The van der Waals surface area contributed by atoms with Crippen LogP contribution in [-0.4, -0.2) is 66.8 Å². The van der Waals surface area contributed by atoms with E-state index in [-0.39, 0.29) is 23.9 Å². The Morgan fingerprint density at radius 3 is 2.44 bits per heavy atom. The van der Waals surface area contributed by atoms with Gasteiger partial charge >= 0.3 is 5.97 Å². The molecule has 11 heteroatoms. The third-order valence-corrected chi connectivity index (χ3v) is 6.63. The molecular formula is C28H38N4O7. The van der Waals surface area contributed by atoms with Crippen LogP contribution in [0.2, 0.25) is 0 Å². The van der Waals surface area contributed by atoms with Crippen LogP contribution in [-0.2, 0) is 23.9 Å². The maximum atomic E-state index is 13.4. The zero-order valence-corrected chi connectivity index (χ0v) is 23.1. The van der Waals surface area contributed by atoms with Gasteiger partial charge in [0.15, 0.2) is 12.4 Å². The molecule has 11 nitrogen and oxygen atoms in total. The van der Waals surface area contributed by atoms with E-state index in [0.717, 1.165) is 5.39 Å². The molecule has 3 atom stereocenters. The summed E-state index contributed by atoms with van der Waals surface area (Å²) in [5.41, 5.74) is 0.965. The van der Waals surface area contributed by atoms with Crippen LogP contribution in [0.5, 0.6) is 5.75 Å². The molecule has 0 radical (unpaired) electrons. The highest BCUT2D eigenvalue weighted by atomic mass is 16.5. The van der Waals surface area contributed by atoms with E-state index in [1.165, 1.54) is 0 Å². The summed E-state index contributed by atoms with van der Waals surface area (Å²) in [6.45, 7) is 7.10. The van der Waals surface area contributed by atoms with Crippen molar-refractivity contribution >= 4 is 40.4 Å². The van der Waals surface area contributed by atoms with Crippen molar-refractivity contribution in [2.24, 2.45) is 17.8 Å². The van der Waals surface area contributed by atoms with E-state index in [4.69, 9.17) is 9.47 Å². The molecule has 1 aromatic heterocycles. The van der Waals surface area contributed by atoms with E-state index in [1.807, 2.05) is 19.9 Å². The fraction of sp³-hybridized carbons (Fsp3) is 0.536. The Bertz CT molecular complexity index is 1220. The molecule has 1 aliphatic heterocycles. The molecule has 2 heterocycles. The Hall–Kier alpha value is -3.89. The van der Waals surface area contributed by atoms with Gasteiger partial charge in [-0.05, 0) is 43.4 Å². The minimum absolute atomic E-state index is 0.0469. The lowest BCUT2D eigenvalue weighted by Gasteiger charge is -2.25. The molecule has 1 saturated heterocycles. The number of carbonyl (C=O) groups is 5. The number of rotatable bonds is 13. The van der Waals surface area contributed by atoms with Crippen LogP contribution < -0.4 is 20.7 Å². The van der Waals surface area contributed by atoms with Crippen molar-refractivity contribution in [2.45, 2.75) is 59.0 Å². The smallest absolute Gasteiger partial charge is 0.308 e. The standard InChI is InChI=1S/C28H38N4O7/c1-15(2)11-21(32-27(36)22-13-18-19(30-22)7-6-8-24(18)38-5)26(35)31-20(12-17-9-10-29-25(17)34)23(33)14-39-28(37)16(3)4/h6-8,13,15-17,20-21,30H,9-12,14H2,1-5H3,(H,29,34)(H,31,35)(H,32,36)/t17-,20-,21-/m0/s1. The number of H-pyrrole nitrogens is 1. The second-order valence-electron chi connectivity index (χ2n) is 10.6. The second kappa shape index (κ2) is 13.3. The van der Waals surface area contributed by atoms with Crippen molar-refractivity contribution in [3.8, 4) is 5.75 Å². The van der Waals surface area contributed by atoms with Crippen LogP contribution in [0, 0.1) is 17.8 Å². The quantitative estimate of drug-likeness (QED) is 0.283. The highest BCUT2D eigenvalue weighted by Gasteiger charge is 2.34. The summed E-state index contributed by atoms with van der Waals surface area (Å²) in [4.78, 5) is 66.7. The van der Waals surface area contributed by atoms with Gasteiger partial charge in [-0.1, -0.05) is 33.8 Å². The average molecular weight is 543 g/mol. The van der Waals surface area contributed by atoms with E-state index < -0.39 is 54.1 Å². The van der Waals surface area contributed by atoms with Gasteiger partial charge in [0.1, 0.15) is 17.5 Å². The molecule has 1 aromatic carbocycles. The van der Waals surface area contributed by atoms with Gasteiger partial charge in [0.25, 0.3) is 5.91 Å². The molecule has 0 saturated carbocycles. The number of aromatic nitrogens is 1. The van der Waals surface area contributed by atoms with Crippen molar-refractivity contribution < 1.29 is 33.4 Å². The monoisotopic (exact) mass is 542 g/mol. The molecule has 212 valence electrons. The Morgan fingerprint density at radius 2 is 1.82 bits per heavy atom. The predicted octanol–water partition coefficient (Wildman–Crippen LogP) is 2.10. The van der Waals surface area contributed by atoms with Crippen molar-refractivity contribution in [2.75, 3.05) is 20.3 Å². The van der Waals surface area contributed by atoms with Crippen LogP contribution in [0.1, 0.15) is 57.4 Å². The Labute approximate surface area is 227 Å². The Balaban J connectivity index is 1.77. The highest BCUT2D eigenvalue weighted by Crippen LogP contribution is 2.26. The molecule has 1 fully saturated rings. The van der Waals surface area contributed by atoms with Crippen molar-refractivity contribution in [1.29, 1.82) is 0 Å². The maximum absolute atomic E-state index is 13.4. The van der Waals surface area contributed by atoms with Gasteiger partial charge < -0.3 is 30.4 Å². The fourth-order valence-electron chi connectivity index (χ4n) is 4.47. The van der Waals surface area contributed by atoms with Crippen LogP contribution in [0.15, 0.2) is 24.3 Å². The number of ketones is 1. The fourth-order valence-corrected chi connectivity index (χ4v) is 4.47. The summed E-state index contributed by atoms with van der Waals surface area (Å²) in [5.74, 6) is -2.51. The van der Waals surface area contributed by atoms with Gasteiger partial charge in [-0.15, -0.1) is 0 Å². The Kier molecular flexibility index (Phi) is 10.1. The van der Waals surface area contributed by atoms with Crippen LogP contribution in [0.4, 0.5) is 0 Å². The number of Topliss-reactive ketones (excluding diaryl/α,β-unsaturated/α-hetero) is 1. The summed E-state index contributed by atoms with van der Waals surface area (Å²) in [6, 6.07) is 5.05. The third-order valence-electron chi connectivity index (χ3n) is 6.63. The van der Waals surface area contributed by atoms with Crippen LogP contribution in [0.25, 0.3) is 10.9 Å². The number of methoxy groups -OCH3 is 1. The van der Waals surface area contributed by atoms with Crippen molar-refractivity contribution in [1.82, 2.24) is 20.9 Å². The molecule has 3 rings (SSSR count). The zero-order chi connectivity index (χ0) is 28.7. The summed E-state index contributed by atoms with van der Waals surface area (Å²) in [6.07, 6.45) is 0.911. The van der Waals surface area contributed by atoms with Crippen molar-refractivity contribution in [3.63, 3.8) is 0 Å². The van der Waals surface area contributed by atoms with Gasteiger partial charge in [0, 0.05) is 23.4 Å². The highest BCUT2D eigenvalue weighted by molar-refractivity contribution is 6.02. The second-order valence-corrected chi connectivity index (χ2v) is 10.6. The van der Waals surface area contributed by atoms with Gasteiger partial charge in [-0.2, -0.15) is 0 Å². The molecule has 0 aliphatic carbocycles. The number of nitrogens with one attached hydrogen (secondary N) is 4. The van der Waals surface area contributed by atoms with E-state index in [0.29, 0.717) is 30.7 Å². The summed E-state index contributed by atoms with van der Waals surface area (Å²) in [7, 11) is 1.54. The number of fused-ring (bicyclic) bond motifs is 1. The molecule has 3 amide bonds. The lowest BCUT2D eigenvalue weighted by molar-refractivity contribution is -0.151.